The second kappa shape index (κ2) is 8.40. The van der Waals surface area contributed by atoms with Gasteiger partial charge in [-0.05, 0) is 39.3 Å². The Morgan fingerprint density at radius 2 is 2.00 bits per heavy atom. The van der Waals surface area contributed by atoms with E-state index in [0.29, 0.717) is 15.9 Å². The standard InChI is InChI=1S/C17H18N4O4S/c1-5-24-16(22)11(8-18)20-21-13-12-9(3)7-10(4)19-15(12)26-14(13)17(23)25-6-2/h7,21H,5-6H2,1-4H3/b20-11+. The number of hydrazone groups is 1. The molecule has 2 aromatic rings. The zero-order valence-corrected chi connectivity index (χ0v) is 15.7. The fourth-order valence-corrected chi connectivity index (χ4v) is 3.46. The van der Waals surface area contributed by atoms with Gasteiger partial charge in [0.2, 0.25) is 5.71 Å². The third kappa shape index (κ3) is 3.97. The van der Waals surface area contributed by atoms with Gasteiger partial charge in [0.05, 0.1) is 18.9 Å². The minimum atomic E-state index is -0.842. The van der Waals surface area contributed by atoms with Crippen LogP contribution in [0, 0.1) is 25.2 Å². The van der Waals surface area contributed by atoms with Gasteiger partial charge in [0.15, 0.2) is 0 Å². The summed E-state index contributed by atoms with van der Waals surface area (Å²) in [6.45, 7) is 7.41. The van der Waals surface area contributed by atoms with Crippen LogP contribution < -0.4 is 5.43 Å². The minimum absolute atomic E-state index is 0.122. The molecule has 0 unspecified atom stereocenters. The number of hydrogen-bond donors (Lipinski definition) is 1. The van der Waals surface area contributed by atoms with E-state index in [4.69, 9.17) is 14.7 Å². The summed E-state index contributed by atoms with van der Waals surface area (Å²) in [7, 11) is 0. The Morgan fingerprint density at radius 1 is 1.31 bits per heavy atom. The van der Waals surface area contributed by atoms with Crippen molar-refractivity contribution >= 4 is 44.9 Å². The number of pyridine rings is 1. The maximum Gasteiger partial charge on any atom is 0.369 e. The molecule has 0 spiro atoms. The van der Waals surface area contributed by atoms with Gasteiger partial charge in [0.1, 0.15) is 15.8 Å². The fraction of sp³-hybridized carbons (Fsp3) is 0.353. The number of hydrogen-bond acceptors (Lipinski definition) is 9. The first-order valence-corrected chi connectivity index (χ1v) is 8.73. The quantitative estimate of drug-likeness (QED) is 0.470. The summed E-state index contributed by atoms with van der Waals surface area (Å²) < 4.78 is 9.86. The number of anilines is 1. The van der Waals surface area contributed by atoms with Gasteiger partial charge < -0.3 is 9.47 Å². The molecule has 26 heavy (non-hydrogen) atoms. The summed E-state index contributed by atoms with van der Waals surface area (Å²) in [5.41, 5.74) is 4.26. The average Bonchev–Trinajstić information content (AvgIpc) is 2.94. The van der Waals surface area contributed by atoms with Crippen LogP contribution in [0.5, 0.6) is 0 Å². The molecule has 0 aliphatic heterocycles. The number of esters is 2. The Balaban J connectivity index is 2.56. The van der Waals surface area contributed by atoms with E-state index in [1.54, 1.807) is 19.9 Å². The molecule has 1 N–H and O–H groups in total. The van der Waals surface area contributed by atoms with Crippen LogP contribution in [0.2, 0.25) is 0 Å². The normalized spacial score (nSPS) is 11.1. The molecule has 0 atom stereocenters. The SMILES string of the molecule is CCOC(=O)/C(C#N)=N/Nc1c(C(=O)OCC)sc2nc(C)cc(C)c12. The van der Waals surface area contributed by atoms with Crippen LogP contribution in [0.1, 0.15) is 34.8 Å². The molecule has 0 radical (unpaired) electrons. The number of nitriles is 1. The van der Waals surface area contributed by atoms with Gasteiger partial charge in [-0.1, -0.05) is 0 Å². The predicted molar refractivity (Wildman–Crippen MR) is 98.4 cm³/mol. The third-order valence-corrected chi connectivity index (χ3v) is 4.37. The van der Waals surface area contributed by atoms with Gasteiger partial charge in [-0.3, -0.25) is 5.43 Å². The maximum absolute atomic E-state index is 12.3. The molecule has 8 nitrogen and oxygen atoms in total. The lowest BCUT2D eigenvalue weighted by Gasteiger charge is -2.06. The number of carbonyl (C=O) groups excluding carboxylic acids is 2. The zero-order valence-electron chi connectivity index (χ0n) is 14.9. The van der Waals surface area contributed by atoms with E-state index >= 15 is 0 Å². The lowest BCUT2D eigenvalue weighted by Crippen LogP contribution is -2.17. The van der Waals surface area contributed by atoms with E-state index in [0.717, 1.165) is 22.6 Å². The van der Waals surface area contributed by atoms with Crippen LogP contribution >= 0.6 is 11.3 Å². The highest BCUT2D eigenvalue weighted by molar-refractivity contribution is 7.21. The van der Waals surface area contributed by atoms with E-state index in [-0.39, 0.29) is 18.1 Å². The Morgan fingerprint density at radius 3 is 2.62 bits per heavy atom. The molecule has 136 valence electrons. The van der Waals surface area contributed by atoms with Crippen LogP contribution in [0.3, 0.4) is 0 Å². The molecule has 0 aromatic carbocycles. The van der Waals surface area contributed by atoms with Gasteiger partial charge in [0.25, 0.3) is 0 Å². The van der Waals surface area contributed by atoms with Crippen molar-refractivity contribution in [2.24, 2.45) is 5.10 Å². The second-order valence-electron chi connectivity index (χ2n) is 5.19. The van der Waals surface area contributed by atoms with Crippen molar-refractivity contribution in [3.63, 3.8) is 0 Å². The summed E-state index contributed by atoms with van der Waals surface area (Å²) in [5, 5.41) is 13.6. The number of nitrogens with one attached hydrogen (secondary N) is 1. The Bertz CT molecular complexity index is 927. The molecular weight excluding hydrogens is 356 g/mol. The molecular formula is C17H18N4O4S. The summed E-state index contributed by atoms with van der Waals surface area (Å²) in [4.78, 5) is 29.4. The van der Waals surface area contributed by atoms with Crippen LogP contribution in [-0.4, -0.2) is 35.8 Å². The summed E-state index contributed by atoms with van der Waals surface area (Å²) in [5.74, 6) is -1.37. The molecule has 9 heteroatoms. The highest BCUT2D eigenvalue weighted by Gasteiger charge is 2.23. The van der Waals surface area contributed by atoms with Gasteiger partial charge in [-0.15, -0.1) is 11.3 Å². The Labute approximate surface area is 154 Å². The molecule has 0 bridgehead atoms. The Hall–Kier alpha value is -2.99. The number of aromatic nitrogens is 1. The van der Waals surface area contributed by atoms with Gasteiger partial charge in [-0.25, -0.2) is 14.6 Å². The highest BCUT2D eigenvalue weighted by atomic mass is 32.1. The number of carbonyl (C=O) groups is 2. The van der Waals surface area contributed by atoms with E-state index in [9.17, 15) is 9.59 Å². The number of fused-ring (bicyclic) bond motifs is 1. The van der Waals surface area contributed by atoms with Gasteiger partial charge in [0, 0.05) is 11.1 Å². The van der Waals surface area contributed by atoms with Crippen LogP contribution in [-0.2, 0) is 14.3 Å². The molecule has 0 aliphatic carbocycles. The summed E-state index contributed by atoms with van der Waals surface area (Å²) in [6, 6.07) is 3.55. The van der Waals surface area contributed by atoms with Crippen LogP contribution in [0.15, 0.2) is 11.2 Å². The smallest absolute Gasteiger partial charge is 0.369 e. The predicted octanol–water partition coefficient (Wildman–Crippen LogP) is 2.94. The lowest BCUT2D eigenvalue weighted by molar-refractivity contribution is -0.134. The van der Waals surface area contributed by atoms with Crippen molar-refractivity contribution in [2.75, 3.05) is 18.6 Å². The molecule has 0 saturated carbocycles. The van der Waals surface area contributed by atoms with Gasteiger partial charge in [-0.2, -0.15) is 10.4 Å². The highest BCUT2D eigenvalue weighted by Crippen LogP contribution is 2.37. The molecule has 0 saturated heterocycles. The van der Waals surface area contributed by atoms with Crippen molar-refractivity contribution in [1.82, 2.24) is 4.98 Å². The number of aryl methyl sites for hydroxylation is 2. The molecule has 2 heterocycles. The molecule has 2 aromatic heterocycles. The Kier molecular flexibility index (Phi) is 6.25. The zero-order chi connectivity index (χ0) is 19.3. The lowest BCUT2D eigenvalue weighted by atomic mass is 10.1. The largest absolute Gasteiger partial charge is 0.462 e. The van der Waals surface area contributed by atoms with E-state index in [1.807, 2.05) is 19.9 Å². The molecule has 0 aliphatic rings. The summed E-state index contributed by atoms with van der Waals surface area (Å²) >= 11 is 1.16. The third-order valence-electron chi connectivity index (χ3n) is 3.30. The summed E-state index contributed by atoms with van der Waals surface area (Å²) in [6.07, 6.45) is 0. The first-order valence-electron chi connectivity index (χ1n) is 7.91. The molecule has 2 rings (SSSR count). The number of ether oxygens (including phenoxy) is 2. The molecule has 0 fully saturated rings. The van der Waals surface area contributed by atoms with Crippen LogP contribution in [0.25, 0.3) is 10.2 Å². The number of nitrogens with zero attached hydrogens (tertiary/aromatic N) is 3. The van der Waals surface area contributed by atoms with Crippen molar-refractivity contribution in [3.8, 4) is 6.07 Å². The van der Waals surface area contributed by atoms with E-state index < -0.39 is 17.7 Å². The monoisotopic (exact) mass is 374 g/mol. The number of thiophene rings is 1. The van der Waals surface area contributed by atoms with Crippen molar-refractivity contribution in [1.29, 1.82) is 5.26 Å². The van der Waals surface area contributed by atoms with Crippen molar-refractivity contribution in [3.05, 3.63) is 22.2 Å². The fourth-order valence-electron chi connectivity index (χ4n) is 2.32. The average molecular weight is 374 g/mol. The molecule has 0 amide bonds. The van der Waals surface area contributed by atoms with Crippen LogP contribution in [0.4, 0.5) is 5.69 Å². The number of rotatable bonds is 6. The van der Waals surface area contributed by atoms with Gasteiger partial charge >= 0.3 is 11.9 Å². The van der Waals surface area contributed by atoms with Crippen molar-refractivity contribution < 1.29 is 19.1 Å². The van der Waals surface area contributed by atoms with Crippen molar-refractivity contribution in [2.45, 2.75) is 27.7 Å². The maximum atomic E-state index is 12.3. The van der Waals surface area contributed by atoms with E-state index in [2.05, 4.69) is 15.5 Å². The first-order chi connectivity index (χ1) is 12.4. The first kappa shape index (κ1) is 19.3. The minimum Gasteiger partial charge on any atom is -0.462 e. The topological polar surface area (TPSA) is 114 Å². The second-order valence-corrected chi connectivity index (χ2v) is 6.19. The van der Waals surface area contributed by atoms with E-state index in [1.165, 1.54) is 0 Å².